The number of nitrogens with zero attached hydrogens (tertiary/aromatic N) is 2. The van der Waals surface area contributed by atoms with Crippen LogP contribution >= 0.6 is 0 Å². The highest BCUT2D eigenvalue weighted by atomic mass is 16.7. The number of nitrogens with one attached hydrogen (secondary N) is 3. The van der Waals surface area contributed by atoms with Gasteiger partial charge in [-0.25, -0.2) is 0 Å². The molecule has 0 radical (unpaired) electrons. The van der Waals surface area contributed by atoms with Crippen LogP contribution in [-0.2, 0) is 20.7 Å². The summed E-state index contributed by atoms with van der Waals surface area (Å²) < 4.78 is 11.3. The molecule has 1 aliphatic rings. The van der Waals surface area contributed by atoms with Gasteiger partial charge < -0.3 is 45.4 Å². The minimum absolute atomic E-state index is 0.0645. The standard InChI is InChI=1S/C30H45N5O8/c1-17(2)23-20(27(34-33-23)43-28-26(40)25(39)24(38)21(16-36)42-28)15-19-9-7-18(8-10-19)11-12-22(37)32-30(3,4)29(41)31-13-14-35(5)6/h7-12,17,21,24-26,28,36,38-40H,13-16H2,1-6H3,(H,31,41)(H,32,37)(H,33,34)/b12-11+/t21-,24-,25+,26-,28+/m1/s1. The van der Waals surface area contributed by atoms with Gasteiger partial charge in [-0.1, -0.05) is 38.1 Å². The Hall–Kier alpha value is -3.33. The number of carbonyl (C=O) groups is 2. The topological polar surface area (TPSA) is 190 Å². The molecule has 0 saturated carbocycles. The smallest absolute Gasteiger partial charge is 0.245 e. The lowest BCUT2D eigenvalue weighted by Crippen LogP contribution is -2.60. The van der Waals surface area contributed by atoms with Gasteiger partial charge in [0.15, 0.2) is 0 Å². The third kappa shape index (κ3) is 9.08. The van der Waals surface area contributed by atoms with Crippen molar-refractivity contribution in [3.63, 3.8) is 0 Å². The maximum atomic E-state index is 12.5. The van der Waals surface area contributed by atoms with E-state index >= 15 is 0 Å². The largest absolute Gasteiger partial charge is 0.443 e. The number of ether oxygens (including phenoxy) is 2. The van der Waals surface area contributed by atoms with Gasteiger partial charge in [-0.15, -0.1) is 5.10 Å². The second-order valence-electron chi connectivity index (χ2n) is 11.8. The van der Waals surface area contributed by atoms with E-state index in [1.54, 1.807) is 19.9 Å². The molecule has 1 fully saturated rings. The second-order valence-corrected chi connectivity index (χ2v) is 11.8. The van der Waals surface area contributed by atoms with Gasteiger partial charge in [-0.2, -0.15) is 0 Å². The van der Waals surface area contributed by atoms with Crippen LogP contribution < -0.4 is 15.4 Å². The van der Waals surface area contributed by atoms with Crippen LogP contribution in [0, 0.1) is 0 Å². The Morgan fingerprint density at radius 1 is 1.14 bits per heavy atom. The van der Waals surface area contributed by atoms with Crippen LogP contribution in [0.3, 0.4) is 0 Å². The molecule has 5 atom stereocenters. The van der Waals surface area contributed by atoms with E-state index in [9.17, 15) is 30.0 Å². The second kappa shape index (κ2) is 14.9. The molecule has 13 heteroatoms. The Kier molecular flexibility index (Phi) is 11.8. The molecule has 238 valence electrons. The number of rotatable bonds is 13. The van der Waals surface area contributed by atoms with Gasteiger partial charge in [0.2, 0.25) is 24.0 Å². The van der Waals surface area contributed by atoms with Gasteiger partial charge in [0.25, 0.3) is 0 Å². The van der Waals surface area contributed by atoms with E-state index < -0.39 is 48.8 Å². The predicted octanol–water partition coefficient (Wildman–Crippen LogP) is -0.112. The first-order valence-corrected chi connectivity index (χ1v) is 14.3. The molecule has 7 N–H and O–H groups in total. The Morgan fingerprint density at radius 3 is 2.42 bits per heavy atom. The molecule has 0 bridgehead atoms. The Labute approximate surface area is 251 Å². The fourth-order valence-electron chi connectivity index (χ4n) is 4.52. The number of aromatic amines is 1. The summed E-state index contributed by atoms with van der Waals surface area (Å²) in [6, 6.07) is 7.50. The lowest BCUT2D eigenvalue weighted by Gasteiger charge is -2.39. The quantitative estimate of drug-likeness (QED) is 0.152. The van der Waals surface area contributed by atoms with Crippen molar-refractivity contribution in [1.82, 2.24) is 25.7 Å². The number of amides is 2. The fourth-order valence-corrected chi connectivity index (χ4v) is 4.52. The van der Waals surface area contributed by atoms with Crippen LogP contribution in [0.15, 0.2) is 30.3 Å². The zero-order valence-electron chi connectivity index (χ0n) is 25.6. The molecule has 43 heavy (non-hydrogen) atoms. The van der Waals surface area contributed by atoms with Gasteiger partial charge in [-0.3, -0.25) is 14.7 Å². The van der Waals surface area contributed by atoms with Crippen LogP contribution in [-0.4, -0.2) is 117 Å². The molecule has 3 rings (SSSR count). The maximum Gasteiger partial charge on any atom is 0.245 e. The third-order valence-electron chi connectivity index (χ3n) is 7.15. The highest BCUT2D eigenvalue weighted by molar-refractivity contribution is 5.97. The number of hydrogen-bond acceptors (Lipinski definition) is 10. The number of H-pyrrole nitrogens is 1. The summed E-state index contributed by atoms with van der Waals surface area (Å²) in [7, 11) is 3.83. The molecule has 1 aliphatic heterocycles. The van der Waals surface area contributed by atoms with Gasteiger partial charge in [0.05, 0.1) is 6.61 Å². The summed E-state index contributed by atoms with van der Waals surface area (Å²) in [5.74, 6) is -0.432. The van der Waals surface area contributed by atoms with Crippen molar-refractivity contribution in [3.05, 3.63) is 52.7 Å². The minimum atomic E-state index is -1.57. The zero-order valence-corrected chi connectivity index (χ0v) is 25.6. The lowest BCUT2D eigenvalue weighted by molar-refractivity contribution is -0.278. The highest BCUT2D eigenvalue weighted by Crippen LogP contribution is 2.31. The summed E-state index contributed by atoms with van der Waals surface area (Å²) >= 11 is 0. The maximum absolute atomic E-state index is 12.5. The average molecular weight is 604 g/mol. The Morgan fingerprint density at radius 2 is 1.81 bits per heavy atom. The van der Waals surface area contributed by atoms with Crippen molar-refractivity contribution >= 4 is 17.9 Å². The molecule has 13 nitrogen and oxygen atoms in total. The number of aliphatic hydroxyl groups excluding tert-OH is 4. The summed E-state index contributed by atoms with van der Waals surface area (Å²) in [4.78, 5) is 26.9. The molecule has 1 saturated heterocycles. The number of aromatic nitrogens is 2. The summed E-state index contributed by atoms with van der Waals surface area (Å²) in [6.07, 6.45) is -3.63. The molecule has 0 unspecified atom stereocenters. The van der Waals surface area contributed by atoms with E-state index in [1.165, 1.54) is 6.08 Å². The number of carbonyl (C=O) groups excluding carboxylic acids is 2. The molecule has 2 aromatic rings. The van der Waals surface area contributed by atoms with Gasteiger partial charge in [0.1, 0.15) is 30.0 Å². The van der Waals surface area contributed by atoms with E-state index in [4.69, 9.17) is 9.47 Å². The molecular formula is C30H45N5O8. The predicted molar refractivity (Wildman–Crippen MR) is 159 cm³/mol. The van der Waals surface area contributed by atoms with E-state index in [2.05, 4.69) is 20.8 Å². The van der Waals surface area contributed by atoms with Gasteiger partial charge >= 0.3 is 0 Å². The SMILES string of the molecule is CC(C)c1[nH]nc(O[C@@H]2O[C@H](CO)[C@@H](O)[C@H](O)[C@H]2O)c1Cc1ccc(/C=C/C(=O)NC(C)(C)C(=O)NCCN(C)C)cc1. The zero-order chi connectivity index (χ0) is 31.9. The van der Waals surface area contributed by atoms with Crippen molar-refractivity contribution in [2.75, 3.05) is 33.8 Å². The molecule has 0 aliphatic carbocycles. The van der Waals surface area contributed by atoms with Crippen LogP contribution in [0.5, 0.6) is 5.88 Å². The molecule has 1 aromatic heterocycles. The fraction of sp³-hybridized carbons (Fsp3) is 0.567. The van der Waals surface area contributed by atoms with E-state index in [1.807, 2.05) is 57.1 Å². The highest BCUT2D eigenvalue weighted by Gasteiger charge is 2.45. The van der Waals surface area contributed by atoms with Crippen molar-refractivity contribution in [1.29, 1.82) is 0 Å². The normalized spacial score (nSPS) is 22.7. The van der Waals surface area contributed by atoms with Crippen molar-refractivity contribution in [2.24, 2.45) is 0 Å². The van der Waals surface area contributed by atoms with Crippen molar-refractivity contribution in [3.8, 4) is 5.88 Å². The Bertz CT molecular complexity index is 1240. The monoisotopic (exact) mass is 603 g/mol. The molecule has 2 heterocycles. The molecule has 0 spiro atoms. The van der Waals surface area contributed by atoms with Crippen LogP contribution in [0.2, 0.25) is 0 Å². The average Bonchev–Trinajstić information content (AvgIpc) is 3.34. The summed E-state index contributed by atoms with van der Waals surface area (Å²) in [5.41, 5.74) is 2.15. The van der Waals surface area contributed by atoms with E-state index in [0.717, 1.165) is 22.4 Å². The number of aliphatic hydroxyl groups is 4. The van der Waals surface area contributed by atoms with Gasteiger partial charge in [-0.05, 0) is 51.1 Å². The first-order valence-electron chi connectivity index (χ1n) is 14.3. The number of hydrogen-bond donors (Lipinski definition) is 7. The number of likely N-dealkylation sites (N-methyl/N-ethyl adjacent to an activating group) is 1. The van der Waals surface area contributed by atoms with Crippen LogP contribution in [0.4, 0.5) is 0 Å². The summed E-state index contributed by atoms with van der Waals surface area (Å²) in [6.45, 7) is 7.88. The molecule has 1 aromatic carbocycles. The minimum Gasteiger partial charge on any atom is -0.443 e. The number of benzene rings is 1. The van der Waals surface area contributed by atoms with Crippen molar-refractivity contribution < 1.29 is 39.5 Å². The lowest BCUT2D eigenvalue weighted by atomic mass is 9.98. The van der Waals surface area contributed by atoms with Crippen LogP contribution in [0.25, 0.3) is 6.08 Å². The molecular weight excluding hydrogens is 558 g/mol. The third-order valence-corrected chi connectivity index (χ3v) is 7.15. The van der Waals surface area contributed by atoms with E-state index in [-0.39, 0.29) is 17.7 Å². The first kappa shape index (κ1) is 34.2. The first-order chi connectivity index (χ1) is 20.2. The molecule has 2 amide bonds. The Balaban J connectivity index is 1.66. The van der Waals surface area contributed by atoms with Crippen molar-refractivity contribution in [2.45, 2.75) is 76.3 Å². The van der Waals surface area contributed by atoms with Gasteiger partial charge in [0, 0.05) is 36.8 Å². The van der Waals surface area contributed by atoms with E-state index in [0.29, 0.717) is 19.5 Å². The van der Waals surface area contributed by atoms with Crippen LogP contribution in [0.1, 0.15) is 56.0 Å². The summed E-state index contributed by atoms with van der Waals surface area (Å²) in [5, 5.41) is 52.8.